The van der Waals surface area contributed by atoms with Gasteiger partial charge in [-0.05, 0) is 6.92 Å². The summed E-state index contributed by atoms with van der Waals surface area (Å²) >= 11 is 0. The smallest absolute Gasteiger partial charge is 0.375 e. The van der Waals surface area contributed by atoms with Crippen LogP contribution >= 0.6 is 0 Å². The fourth-order valence-electron chi connectivity index (χ4n) is 0.729. The van der Waals surface area contributed by atoms with Crippen LogP contribution in [0.15, 0.2) is 0 Å². The average Bonchev–Trinajstić information content (AvgIpc) is 2.47. The van der Waals surface area contributed by atoms with E-state index in [1.807, 2.05) is 0 Å². The third kappa shape index (κ3) is 2.73. The van der Waals surface area contributed by atoms with Gasteiger partial charge in [-0.25, -0.2) is 0 Å². The van der Waals surface area contributed by atoms with E-state index in [9.17, 15) is 13.2 Å². The van der Waals surface area contributed by atoms with Crippen molar-refractivity contribution in [2.45, 2.75) is 19.7 Å². The molecule has 3 nitrogen and oxygen atoms in total. The van der Waals surface area contributed by atoms with Crippen molar-refractivity contribution in [3.63, 3.8) is 0 Å². The molecule has 6 heteroatoms. The molecule has 1 aromatic heterocycles. The maximum Gasteiger partial charge on any atom is 0.435 e. The molecule has 13 heavy (non-hydrogen) atoms. The minimum Gasteiger partial charge on any atom is -0.375 e. The van der Waals surface area contributed by atoms with Gasteiger partial charge in [0.2, 0.25) is 0 Å². The van der Waals surface area contributed by atoms with Crippen LogP contribution < -0.4 is 0 Å². The summed E-state index contributed by atoms with van der Waals surface area (Å²) in [4.78, 5) is 0. The third-order valence-electron chi connectivity index (χ3n) is 1.29. The summed E-state index contributed by atoms with van der Waals surface area (Å²) in [6.45, 7) is 2.26. The number of ether oxygens (including phenoxy) is 1. The molecule has 1 heterocycles. The van der Waals surface area contributed by atoms with Crippen molar-refractivity contribution in [1.29, 1.82) is 0 Å². The minimum absolute atomic E-state index is 0.0690. The quantitative estimate of drug-likeness (QED) is 0.794. The molecule has 0 atom stereocenters. The molecule has 0 bridgehead atoms. The van der Waals surface area contributed by atoms with Crippen LogP contribution in [0.5, 0.6) is 0 Å². The van der Waals surface area contributed by atoms with Crippen molar-refractivity contribution < 1.29 is 17.9 Å². The molecule has 1 radical (unpaired) electrons. The molecule has 0 spiro atoms. The molecule has 1 N–H and O–H groups in total. The van der Waals surface area contributed by atoms with Crippen LogP contribution in [0.4, 0.5) is 13.2 Å². The Kier molecular flexibility index (Phi) is 2.92. The number of hydrogen-bond donors (Lipinski definition) is 1. The Hall–Kier alpha value is -1.04. The van der Waals surface area contributed by atoms with Gasteiger partial charge in [0.15, 0.2) is 5.69 Å². The predicted octanol–water partition coefficient (Wildman–Crippen LogP) is 1.77. The third-order valence-corrected chi connectivity index (χ3v) is 1.29. The molecule has 1 aromatic rings. The molecule has 0 aliphatic carbocycles. The van der Waals surface area contributed by atoms with E-state index in [2.05, 4.69) is 16.3 Å². The van der Waals surface area contributed by atoms with Crippen molar-refractivity contribution in [3.8, 4) is 0 Å². The minimum atomic E-state index is -4.44. The largest absolute Gasteiger partial charge is 0.435 e. The molecule has 1 rings (SSSR count). The zero-order valence-corrected chi connectivity index (χ0v) is 6.90. The van der Waals surface area contributed by atoms with Gasteiger partial charge in [0.1, 0.15) is 0 Å². The molecule has 0 saturated heterocycles. The Bertz CT molecular complexity index is 269. The van der Waals surface area contributed by atoms with Crippen molar-refractivity contribution in [2.24, 2.45) is 0 Å². The van der Waals surface area contributed by atoms with E-state index in [0.29, 0.717) is 6.61 Å². The molecule has 0 amide bonds. The Morgan fingerprint density at radius 1 is 1.54 bits per heavy atom. The number of nitrogens with one attached hydrogen (secondary N) is 1. The summed E-state index contributed by atoms with van der Waals surface area (Å²) in [6.07, 6.45) is -4.44. The Balaban J connectivity index is 2.64. The first-order valence-electron chi connectivity index (χ1n) is 3.65. The van der Waals surface area contributed by atoms with Gasteiger partial charge in [-0.1, -0.05) is 0 Å². The number of alkyl halides is 3. The van der Waals surface area contributed by atoms with Gasteiger partial charge in [0.05, 0.1) is 12.3 Å². The predicted molar refractivity (Wildman–Crippen MR) is 37.8 cm³/mol. The lowest BCUT2D eigenvalue weighted by atomic mass is 10.3. The van der Waals surface area contributed by atoms with E-state index in [4.69, 9.17) is 4.74 Å². The Labute approximate surface area is 72.9 Å². The molecule has 0 aromatic carbocycles. The zero-order valence-electron chi connectivity index (χ0n) is 6.90. The van der Waals surface area contributed by atoms with Crippen LogP contribution in [0, 0.1) is 6.07 Å². The molecular formula is C7H8F3N2O. The number of halogens is 3. The van der Waals surface area contributed by atoms with Gasteiger partial charge in [-0.2, -0.15) is 18.3 Å². The van der Waals surface area contributed by atoms with E-state index in [0.717, 1.165) is 0 Å². The number of nitrogens with zero attached hydrogens (tertiary/aromatic N) is 1. The molecule has 73 valence electrons. The number of aromatic nitrogens is 2. The molecule has 0 saturated carbocycles. The van der Waals surface area contributed by atoms with E-state index in [1.54, 1.807) is 6.92 Å². The first-order valence-corrected chi connectivity index (χ1v) is 3.65. The highest BCUT2D eigenvalue weighted by atomic mass is 19.4. The highest BCUT2D eigenvalue weighted by Gasteiger charge is 2.34. The second-order valence-electron chi connectivity index (χ2n) is 2.31. The lowest BCUT2D eigenvalue weighted by molar-refractivity contribution is -0.141. The highest BCUT2D eigenvalue weighted by Crippen LogP contribution is 2.27. The number of aromatic amines is 1. The fourth-order valence-corrected chi connectivity index (χ4v) is 0.729. The maximum absolute atomic E-state index is 12.0. The van der Waals surface area contributed by atoms with Crippen LogP contribution in [0.25, 0.3) is 0 Å². The summed E-state index contributed by atoms with van der Waals surface area (Å²) < 4.78 is 40.8. The van der Waals surface area contributed by atoms with E-state index in [-0.39, 0.29) is 12.3 Å². The Morgan fingerprint density at radius 3 is 2.69 bits per heavy atom. The lowest BCUT2D eigenvalue weighted by Crippen LogP contribution is -2.05. The van der Waals surface area contributed by atoms with Crippen LogP contribution in [-0.2, 0) is 17.5 Å². The van der Waals surface area contributed by atoms with Gasteiger partial charge >= 0.3 is 6.18 Å². The van der Waals surface area contributed by atoms with E-state index < -0.39 is 11.9 Å². The summed E-state index contributed by atoms with van der Waals surface area (Å²) in [7, 11) is 0. The van der Waals surface area contributed by atoms with Crippen molar-refractivity contribution in [1.82, 2.24) is 10.2 Å². The van der Waals surface area contributed by atoms with Gasteiger partial charge < -0.3 is 4.74 Å². The molecule has 0 unspecified atom stereocenters. The summed E-state index contributed by atoms with van der Waals surface area (Å²) in [6, 6.07) is 2.07. The highest BCUT2D eigenvalue weighted by molar-refractivity contribution is 5.08. The van der Waals surface area contributed by atoms with Crippen molar-refractivity contribution >= 4 is 0 Å². The van der Waals surface area contributed by atoms with Crippen molar-refractivity contribution in [3.05, 3.63) is 17.5 Å². The molecule has 0 aliphatic rings. The van der Waals surface area contributed by atoms with Crippen molar-refractivity contribution in [2.75, 3.05) is 6.61 Å². The average molecular weight is 193 g/mol. The first-order chi connectivity index (χ1) is 6.04. The van der Waals surface area contributed by atoms with Crippen LogP contribution in [0.3, 0.4) is 0 Å². The van der Waals surface area contributed by atoms with Gasteiger partial charge in [0, 0.05) is 12.7 Å². The first kappa shape index (κ1) is 10.0. The monoisotopic (exact) mass is 193 g/mol. The number of rotatable bonds is 3. The van der Waals surface area contributed by atoms with Gasteiger partial charge in [0.25, 0.3) is 0 Å². The van der Waals surface area contributed by atoms with Gasteiger partial charge in [-0.3, -0.25) is 5.10 Å². The second kappa shape index (κ2) is 3.78. The standard InChI is InChI=1S/C7H8F3N2O/c1-2-13-4-5-3-6(12-11-5)7(8,9)10/h2,4H2,1H3,(H,11,12). The molecule has 0 aliphatic heterocycles. The zero-order chi connectivity index (χ0) is 9.90. The number of H-pyrrole nitrogens is 1. The van der Waals surface area contributed by atoms with Crippen LogP contribution in [0.1, 0.15) is 18.3 Å². The summed E-state index contributed by atoms with van der Waals surface area (Å²) in [5.41, 5.74) is -0.837. The SMILES string of the molecule is CCOCc1[c]c(C(F)(F)F)n[nH]1. The molecular weight excluding hydrogens is 185 g/mol. The maximum atomic E-state index is 12.0. The molecule has 0 fully saturated rings. The fraction of sp³-hybridized carbons (Fsp3) is 0.571. The normalized spacial score (nSPS) is 12.0. The van der Waals surface area contributed by atoms with Crippen LogP contribution in [0.2, 0.25) is 0 Å². The Morgan fingerprint density at radius 2 is 2.23 bits per heavy atom. The number of hydrogen-bond acceptors (Lipinski definition) is 2. The lowest BCUT2D eigenvalue weighted by Gasteiger charge is -1.98. The van der Waals surface area contributed by atoms with Gasteiger partial charge in [-0.15, -0.1) is 0 Å². The van der Waals surface area contributed by atoms with Crippen LogP contribution in [-0.4, -0.2) is 16.8 Å². The van der Waals surface area contributed by atoms with E-state index >= 15 is 0 Å². The summed E-state index contributed by atoms with van der Waals surface area (Å²) in [5.74, 6) is 0. The summed E-state index contributed by atoms with van der Waals surface area (Å²) in [5, 5.41) is 5.25. The van der Waals surface area contributed by atoms with E-state index in [1.165, 1.54) is 0 Å². The topological polar surface area (TPSA) is 37.9 Å². The second-order valence-corrected chi connectivity index (χ2v) is 2.31.